The minimum Gasteiger partial charge on any atom is -0.340 e. The third-order valence-corrected chi connectivity index (χ3v) is 2.99. The highest BCUT2D eigenvalue weighted by atomic mass is 19.1. The molecule has 5 heteroatoms. The molecular formula is C12H12BFN2O. The lowest BCUT2D eigenvalue weighted by atomic mass is 9.45. The lowest BCUT2D eigenvalue weighted by Gasteiger charge is -2.27. The van der Waals surface area contributed by atoms with Gasteiger partial charge in [-0.1, -0.05) is 12.1 Å². The number of hydrogen-bond donors (Lipinski definition) is 0. The van der Waals surface area contributed by atoms with Crippen molar-refractivity contribution < 1.29 is 9.18 Å². The Kier molecular flexibility index (Phi) is 3.43. The van der Waals surface area contributed by atoms with Crippen LogP contribution in [0, 0.1) is 17.0 Å². The first-order chi connectivity index (χ1) is 8.19. The van der Waals surface area contributed by atoms with E-state index in [9.17, 15) is 9.18 Å². The first-order valence-electron chi connectivity index (χ1n) is 5.61. The third kappa shape index (κ3) is 2.85. The average Bonchev–Trinajstić information content (AvgIpc) is 2.34. The molecule has 86 valence electrons. The van der Waals surface area contributed by atoms with Crippen molar-refractivity contribution in [3.05, 3.63) is 35.6 Å². The summed E-state index contributed by atoms with van der Waals surface area (Å²) in [6, 6.07) is 6.14. The minimum absolute atomic E-state index is 0.00660. The summed E-state index contributed by atoms with van der Waals surface area (Å²) < 4.78 is 12.7. The maximum atomic E-state index is 12.7. The van der Waals surface area contributed by atoms with E-state index in [0.29, 0.717) is 19.4 Å². The Hall–Kier alpha value is -1.83. The van der Waals surface area contributed by atoms with E-state index in [2.05, 4.69) is 5.97 Å². The van der Waals surface area contributed by atoms with Crippen LogP contribution in [0.15, 0.2) is 24.3 Å². The van der Waals surface area contributed by atoms with Gasteiger partial charge in [0.15, 0.2) is 0 Å². The summed E-state index contributed by atoms with van der Waals surface area (Å²) in [5.41, 5.74) is 0.912. The van der Waals surface area contributed by atoms with Crippen molar-refractivity contribution in [1.82, 2.24) is 4.90 Å². The van der Waals surface area contributed by atoms with E-state index in [0.717, 1.165) is 11.9 Å². The van der Waals surface area contributed by atoms with Gasteiger partial charge in [0, 0.05) is 25.4 Å². The normalized spacial score (nSPS) is 15.9. The Morgan fingerprint density at radius 2 is 2.12 bits per heavy atom. The summed E-state index contributed by atoms with van der Waals surface area (Å²) >= 11 is 0. The molecule has 0 bridgehead atoms. The van der Waals surface area contributed by atoms with Gasteiger partial charge in [-0.2, -0.15) is 0 Å². The molecule has 3 nitrogen and oxygen atoms in total. The van der Waals surface area contributed by atoms with E-state index >= 15 is 0 Å². The Morgan fingerprint density at radius 1 is 1.41 bits per heavy atom. The Balaban J connectivity index is 1.98. The molecule has 1 fully saturated rings. The molecule has 0 N–H and O–H groups in total. The molecule has 1 amide bonds. The molecule has 0 atom stereocenters. The fourth-order valence-corrected chi connectivity index (χ4v) is 1.97. The Labute approximate surface area is 99.9 Å². The van der Waals surface area contributed by atoms with Crippen LogP contribution in [0.1, 0.15) is 5.56 Å². The largest absolute Gasteiger partial charge is 0.340 e. The molecule has 1 aliphatic heterocycles. The fraction of sp³-hybridized carbons (Fsp3) is 0.333. The van der Waals surface area contributed by atoms with E-state index in [1.165, 1.54) is 12.1 Å². The van der Waals surface area contributed by atoms with Crippen LogP contribution in [0.4, 0.5) is 4.39 Å². The average molecular weight is 230 g/mol. The smallest absolute Gasteiger partial charge is 0.278 e. The van der Waals surface area contributed by atoms with E-state index in [-0.39, 0.29) is 18.4 Å². The number of nitrogens with zero attached hydrogens (tertiary/aromatic N) is 2. The molecule has 2 rings (SSSR count). The van der Waals surface area contributed by atoms with Crippen molar-refractivity contribution in [1.29, 1.82) is 5.26 Å². The van der Waals surface area contributed by atoms with Crippen molar-refractivity contribution in [2.75, 3.05) is 6.54 Å². The van der Waals surface area contributed by atoms with Crippen molar-refractivity contribution in [3.8, 4) is 5.97 Å². The maximum Gasteiger partial charge on any atom is 0.278 e. The second kappa shape index (κ2) is 5.00. The molecular weight excluding hydrogens is 218 g/mol. The molecule has 0 spiro atoms. The van der Waals surface area contributed by atoms with Crippen molar-refractivity contribution in [2.24, 2.45) is 0 Å². The number of carbonyl (C=O) groups is 1. The summed E-state index contributed by atoms with van der Waals surface area (Å²) in [7, 11) is 0. The van der Waals surface area contributed by atoms with Crippen molar-refractivity contribution in [3.63, 3.8) is 0 Å². The maximum absolute atomic E-state index is 12.7. The molecule has 0 aliphatic carbocycles. The van der Waals surface area contributed by atoms with Gasteiger partial charge in [0.1, 0.15) is 5.82 Å². The zero-order valence-electron chi connectivity index (χ0n) is 9.40. The van der Waals surface area contributed by atoms with E-state index < -0.39 is 0 Å². The van der Waals surface area contributed by atoms with Crippen LogP contribution in [0.3, 0.4) is 0 Å². The van der Waals surface area contributed by atoms with E-state index in [1.54, 1.807) is 17.0 Å². The van der Waals surface area contributed by atoms with Gasteiger partial charge in [0.25, 0.3) is 6.71 Å². The van der Waals surface area contributed by atoms with Gasteiger partial charge in [0.05, 0.1) is 0 Å². The van der Waals surface area contributed by atoms with Gasteiger partial charge in [-0.15, -0.1) is 0 Å². The molecule has 1 aromatic carbocycles. The van der Waals surface area contributed by atoms with Crippen LogP contribution < -0.4 is 0 Å². The number of benzene rings is 1. The number of rotatable bonds is 2. The highest BCUT2D eigenvalue weighted by Gasteiger charge is 2.28. The van der Waals surface area contributed by atoms with Crippen LogP contribution in [-0.4, -0.2) is 24.1 Å². The van der Waals surface area contributed by atoms with Crippen LogP contribution in [-0.2, 0) is 11.3 Å². The van der Waals surface area contributed by atoms with Gasteiger partial charge in [-0.3, -0.25) is 4.79 Å². The van der Waals surface area contributed by atoms with Gasteiger partial charge in [-0.05, 0) is 24.0 Å². The summed E-state index contributed by atoms with van der Waals surface area (Å²) in [6.45, 7) is 0.957. The van der Waals surface area contributed by atoms with Crippen LogP contribution >= 0.6 is 0 Å². The topological polar surface area (TPSA) is 44.1 Å². The van der Waals surface area contributed by atoms with Gasteiger partial charge < -0.3 is 4.90 Å². The zero-order chi connectivity index (χ0) is 12.3. The Morgan fingerprint density at radius 3 is 2.71 bits per heavy atom. The van der Waals surface area contributed by atoms with Gasteiger partial charge in [0.2, 0.25) is 5.91 Å². The monoisotopic (exact) mass is 230 g/mol. The Bertz CT molecular complexity index is 455. The molecule has 17 heavy (non-hydrogen) atoms. The number of amides is 1. The molecule has 1 saturated heterocycles. The summed E-state index contributed by atoms with van der Waals surface area (Å²) in [4.78, 5) is 13.5. The molecule has 1 aliphatic rings. The van der Waals surface area contributed by atoms with Crippen LogP contribution in [0.2, 0.25) is 12.6 Å². The highest BCUT2D eigenvalue weighted by molar-refractivity contribution is 6.70. The predicted octanol–water partition coefficient (Wildman–Crippen LogP) is 1.73. The van der Waals surface area contributed by atoms with Crippen molar-refractivity contribution in [2.45, 2.75) is 19.2 Å². The molecule has 1 aromatic rings. The molecule has 1 heterocycles. The highest BCUT2D eigenvalue weighted by Crippen LogP contribution is 2.15. The predicted molar refractivity (Wildman–Crippen MR) is 62.8 cm³/mol. The van der Waals surface area contributed by atoms with Gasteiger partial charge >= 0.3 is 0 Å². The second-order valence-electron chi connectivity index (χ2n) is 4.26. The first kappa shape index (κ1) is 11.7. The van der Waals surface area contributed by atoms with Crippen LogP contribution in [0.5, 0.6) is 0 Å². The van der Waals surface area contributed by atoms with Crippen molar-refractivity contribution >= 4 is 12.6 Å². The lowest BCUT2D eigenvalue weighted by molar-refractivity contribution is -0.129. The zero-order valence-corrected chi connectivity index (χ0v) is 9.40. The summed E-state index contributed by atoms with van der Waals surface area (Å²) in [5.74, 6) is 1.86. The summed E-state index contributed by atoms with van der Waals surface area (Å²) in [5, 5.41) is 8.75. The number of carbonyl (C=O) groups excluding carboxylic acids is 1. The van der Waals surface area contributed by atoms with E-state index in [4.69, 9.17) is 5.26 Å². The third-order valence-electron chi connectivity index (χ3n) is 2.99. The standard InChI is InChI=1S/C12H12BFN2O/c14-11-3-1-10(2-4-11)8-16-6-5-13(9-15)7-12(16)17/h1-4H,5-8H2. The molecule has 0 saturated carbocycles. The number of halogens is 1. The fourth-order valence-electron chi connectivity index (χ4n) is 1.97. The number of nitriles is 1. The quantitative estimate of drug-likeness (QED) is 0.726. The van der Waals surface area contributed by atoms with Gasteiger partial charge in [-0.25, -0.2) is 9.65 Å². The molecule has 0 aromatic heterocycles. The summed E-state index contributed by atoms with van der Waals surface area (Å²) in [6.07, 6.45) is 1.03. The lowest BCUT2D eigenvalue weighted by Crippen LogP contribution is -2.40. The first-order valence-corrected chi connectivity index (χ1v) is 5.61. The van der Waals surface area contributed by atoms with E-state index in [1.807, 2.05) is 0 Å². The number of hydrogen-bond acceptors (Lipinski definition) is 2. The van der Waals surface area contributed by atoms with Crippen LogP contribution in [0.25, 0.3) is 0 Å². The molecule has 0 radical (unpaired) electrons. The SMILES string of the molecule is N#CB1CCN(Cc2ccc(F)cc2)C(=O)C1. The molecule has 0 unspecified atom stereocenters. The second-order valence-corrected chi connectivity index (χ2v) is 4.26. The minimum atomic E-state index is -0.275.